The third-order valence-corrected chi connectivity index (χ3v) is 3.83. The summed E-state index contributed by atoms with van der Waals surface area (Å²) in [4.78, 5) is 8.86. The molecule has 2 nitrogen and oxygen atoms in total. The molecule has 0 amide bonds. The molecule has 2 aromatic heterocycles. The van der Waals surface area contributed by atoms with Gasteiger partial charge in [0.05, 0.1) is 5.69 Å². The van der Waals surface area contributed by atoms with Gasteiger partial charge >= 0.3 is 0 Å². The van der Waals surface area contributed by atoms with Crippen LogP contribution in [0.1, 0.15) is 11.4 Å². The SMILES string of the molecule is Cc1cccc(-c2[c-]cccc2)n1.Cc1cccc(-c2ccccc2)n1.[Ir]. The van der Waals surface area contributed by atoms with E-state index in [4.69, 9.17) is 0 Å². The van der Waals surface area contributed by atoms with Gasteiger partial charge in [-0.15, -0.1) is 35.9 Å². The molecule has 4 rings (SSSR count). The number of nitrogens with zero attached hydrogens (tertiary/aromatic N) is 2. The van der Waals surface area contributed by atoms with Crippen LogP contribution in [0.2, 0.25) is 0 Å². The van der Waals surface area contributed by atoms with Crippen molar-refractivity contribution >= 4 is 0 Å². The molecule has 3 heteroatoms. The van der Waals surface area contributed by atoms with Gasteiger partial charge in [-0.1, -0.05) is 48.5 Å². The number of hydrogen-bond acceptors (Lipinski definition) is 2. The Labute approximate surface area is 174 Å². The molecule has 0 saturated heterocycles. The predicted molar refractivity (Wildman–Crippen MR) is 108 cm³/mol. The van der Waals surface area contributed by atoms with Crippen LogP contribution in [-0.2, 0) is 20.1 Å². The van der Waals surface area contributed by atoms with Crippen molar-refractivity contribution in [2.75, 3.05) is 0 Å². The van der Waals surface area contributed by atoms with Gasteiger partial charge < -0.3 is 4.98 Å². The average Bonchev–Trinajstić information content (AvgIpc) is 2.70. The van der Waals surface area contributed by atoms with Crippen molar-refractivity contribution in [3.8, 4) is 22.5 Å². The number of aryl methyl sites for hydroxylation is 2. The van der Waals surface area contributed by atoms with Crippen molar-refractivity contribution in [2.24, 2.45) is 0 Å². The predicted octanol–water partition coefficient (Wildman–Crippen LogP) is 5.91. The van der Waals surface area contributed by atoms with E-state index < -0.39 is 0 Å². The van der Waals surface area contributed by atoms with E-state index in [1.807, 2.05) is 92.7 Å². The Balaban J connectivity index is 0.000000187. The van der Waals surface area contributed by atoms with Crippen LogP contribution < -0.4 is 0 Å². The van der Waals surface area contributed by atoms with Gasteiger partial charge in [-0.05, 0) is 37.7 Å². The minimum absolute atomic E-state index is 0. The molecule has 0 bridgehead atoms. The Hall–Kier alpha value is -2.61. The summed E-state index contributed by atoms with van der Waals surface area (Å²) in [6, 6.07) is 33.3. The second-order valence-electron chi connectivity index (χ2n) is 5.97. The minimum Gasteiger partial charge on any atom is -0.302 e. The molecule has 2 heterocycles. The molecule has 1 radical (unpaired) electrons. The van der Waals surface area contributed by atoms with Crippen LogP contribution in [0, 0.1) is 19.9 Å². The van der Waals surface area contributed by atoms with Crippen LogP contribution >= 0.6 is 0 Å². The van der Waals surface area contributed by atoms with Gasteiger partial charge in [0.1, 0.15) is 0 Å². The smallest absolute Gasteiger partial charge is 0.0705 e. The fourth-order valence-electron chi connectivity index (χ4n) is 2.56. The molecule has 137 valence electrons. The summed E-state index contributed by atoms with van der Waals surface area (Å²) >= 11 is 0. The van der Waals surface area contributed by atoms with E-state index in [9.17, 15) is 0 Å². The van der Waals surface area contributed by atoms with Crippen molar-refractivity contribution in [3.63, 3.8) is 0 Å². The Morgan fingerprint density at radius 2 is 1.19 bits per heavy atom. The number of benzene rings is 2. The van der Waals surface area contributed by atoms with E-state index in [0.29, 0.717) is 0 Å². The number of aromatic nitrogens is 2. The van der Waals surface area contributed by atoms with E-state index in [0.717, 1.165) is 28.3 Å². The van der Waals surface area contributed by atoms with E-state index in [-0.39, 0.29) is 20.1 Å². The molecule has 2 aromatic carbocycles. The Kier molecular flexibility index (Phi) is 8.06. The quantitative estimate of drug-likeness (QED) is 0.302. The first kappa shape index (κ1) is 20.7. The fourth-order valence-corrected chi connectivity index (χ4v) is 2.56. The molecule has 4 aromatic rings. The Morgan fingerprint density at radius 3 is 1.78 bits per heavy atom. The first-order chi connectivity index (χ1) is 12.7. The molecule has 0 spiro atoms. The van der Waals surface area contributed by atoms with Gasteiger partial charge in [0, 0.05) is 37.1 Å². The van der Waals surface area contributed by atoms with E-state index in [2.05, 4.69) is 28.2 Å². The Morgan fingerprint density at radius 1 is 0.593 bits per heavy atom. The zero-order valence-electron chi connectivity index (χ0n) is 15.4. The van der Waals surface area contributed by atoms with Gasteiger partial charge in [0.25, 0.3) is 0 Å². The molecular formula is C24H21IrN2-. The van der Waals surface area contributed by atoms with Crippen molar-refractivity contribution in [2.45, 2.75) is 13.8 Å². The first-order valence-corrected chi connectivity index (χ1v) is 8.62. The third-order valence-electron chi connectivity index (χ3n) is 3.83. The molecule has 0 unspecified atom stereocenters. The van der Waals surface area contributed by atoms with Gasteiger partial charge in [-0.3, -0.25) is 4.98 Å². The summed E-state index contributed by atoms with van der Waals surface area (Å²) < 4.78 is 0. The van der Waals surface area contributed by atoms with Crippen LogP contribution in [0.3, 0.4) is 0 Å². The van der Waals surface area contributed by atoms with Crippen molar-refractivity contribution in [3.05, 3.63) is 108 Å². The standard InChI is InChI=1S/C12H11N.C12H10N.Ir/c2*1-10-6-5-9-12(13-10)11-7-3-2-4-8-11;/h2-9H,1H3;2-7,9H,1H3;/q;-1;. The average molecular weight is 530 g/mol. The molecule has 0 aliphatic rings. The molecule has 0 atom stereocenters. The molecule has 0 fully saturated rings. The maximum absolute atomic E-state index is 4.44. The van der Waals surface area contributed by atoms with E-state index in [1.54, 1.807) is 0 Å². The van der Waals surface area contributed by atoms with Crippen LogP contribution in [0.4, 0.5) is 0 Å². The topological polar surface area (TPSA) is 25.8 Å². The molecular weight excluding hydrogens is 508 g/mol. The Bertz CT molecular complexity index is 873. The molecule has 0 saturated carbocycles. The van der Waals surface area contributed by atoms with Crippen LogP contribution in [-0.4, -0.2) is 9.97 Å². The summed E-state index contributed by atoms with van der Waals surface area (Å²) in [5.41, 5.74) is 6.34. The third kappa shape index (κ3) is 6.25. The summed E-state index contributed by atoms with van der Waals surface area (Å²) in [5.74, 6) is 0. The number of pyridine rings is 2. The van der Waals surface area contributed by atoms with Gasteiger partial charge in [-0.25, -0.2) is 0 Å². The normalized spacial score (nSPS) is 9.56. The zero-order valence-corrected chi connectivity index (χ0v) is 17.8. The largest absolute Gasteiger partial charge is 0.302 e. The second-order valence-corrected chi connectivity index (χ2v) is 5.97. The van der Waals surface area contributed by atoms with Crippen molar-refractivity contribution in [1.82, 2.24) is 9.97 Å². The monoisotopic (exact) mass is 530 g/mol. The number of rotatable bonds is 2. The van der Waals surface area contributed by atoms with E-state index >= 15 is 0 Å². The minimum atomic E-state index is 0. The summed E-state index contributed by atoms with van der Waals surface area (Å²) in [5, 5.41) is 0. The summed E-state index contributed by atoms with van der Waals surface area (Å²) in [7, 11) is 0. The van der Waals surface area contributed by atoms with Crippen LogP contribution in [0.5, 0.6) is 0 Å². The van der Waals surface area contributed by atoms with Crippen LogP contribution in [0.25, 0.3) is 22.5 Å². The first-order valence-electron chi connectivity index (χ1n) is 8.62. The summed E-state index contributed by atoms with van der Waals surface area (Å²) in [6.45, 7) is 4.00. The molecule has 0 N–H and O–H groups in total. The maximum Gasteiger partial charge on any atom is 0.0705 e. The van der Waals surface area contributed by atoms with Gasteiger partial charge in [-0.2, -0.15) is 0 Å². The van der Waals surface area contributed by atoms with Crippen molar-refractivity contribution < 1.29 is 20.1 Å². The molecule has 0 aliphatic heterocycles. The van der Waals surface area contributed by atoms with Gasteiger partial charge in [0.2, 0.25) is 0 Å². The molecule has 27 heavy (non-hydrogen) atoms. The molecule has 0 aliphatic carbocycles. The summed E-state index contributed by atoms with van der Waals surface area (Å²) in [6.07, 6.45) is 0. The number of hydrogen-bond donors (Lipinski definition) is 0. The second kappa shape index (κ2) is 10.5. The van der Waals surface area contributed by atoms with Crippen LogP contribution in [0.15, 0.2) is 91.0 Å². The van der Waals surface area contributed by atoms with Crippen molar-refractivity contribution in [1.29, 1.82) is 0 Å². The van der Waals surface area contributed by atoms with Gasteiger partial charge in [0.15, 0.2) is 0 Å². The zero-order chi connectivity index (χ0) is 18.2. The fraction of sp³-hybridized carbons (Fsp3) is 0.0833. The van der Waals surface area contributed by atoms with E-state index in [1.165, 1.54) is 5.56 Å². The maximum atomic E-state index is 4.44.